The van der Waals surface area contributed by atoms with Crippen LogP contribution in [0, 0.1) is 0 Å². The Kier molecular flexibility index (Phi) is 1.63. The fraction of sp³-hybridized carbons (Fsp3) is 0. The average molecular weight is 202 g/mol. The minimum atomic E-state index is 0.294. The van der Waals surface area contributed by atoms with Crippen LogP contribution in [0.2, 0.25) is 10.2 Å². The van der Waals surface area contributed by atoms with E-state index < -0.39 is 0 Å². The van der Waals surface area contributed by atoms with Gasteiger partial charge in [0.05, 0.1) is 5.52 Å². The second kappa shape index (κ2) is 2.54. The van der Waals surface area contributed by atoms with Crippen LogP contribution in [0.1, 0.15) is 0 Å². The van der Waals surface area contributed by atoms with E-state index in [0.717, 1.165) is 5.52 Å². The van der Waals surface area contributed by atoms with E-state index >= 15 is 0 Å². The molecular formula is C7H5Cl2N3. The normalized spacial score (nSPS) is 10.8. The first-order valence-electron chi connectivity index (χ1n) is 3.27. The third-order valence-corrected chi connectivity index (χ3v) is 2.29. The summed E-state index contributed by atoms with van der Waals surface area (Å²) >= 11 is 11.5. The molecule has 0 aliphatic rings. The summed E-state index contributed by atoms with van der Waals surface area (Å²) in [4.78, 5) is 0. The van der Waals surface area contributed by atoms with Crippen LogP contribution in [0.4, 0.5) is 5.69 Å². The van der Waals surface area contributed by atoms with E-state index in [0.29, 0.717) is 15.9 Å². The number of hydrogen-bond acceptors (Lipinski definition) is 2. The molecule has 2 heterocycles. The molecule has 0 atom stereocenters. The van der Waals surface area contributed by atoms with Crippen LogP contribution in [0.15, 0.2) is 18.3 Å². The number of nitrogens with zero attached hydrogens (tertiary/aromatic N) is 2. The van der Waals surface area contributed by atoms with E-state index in [1.807, 2.05) is 0 Å². The van der Waals surface area contributed by atoms with E-state index in [-0.39, 0.29) is 0 Å². The Hall–Kier alpha value is -0.930. The van der Waals surface area contributed by atoms with Crippen LogP contribution in [-0.2, 0) is 0 Å². The van der Waals surface area contributed by atoms with E-state index in [1.54, 1.807) is 22.8 Å². The first-order chi connectivity index (χ1) is 5.68. The zero-order valence-corrected chi connectivity index (χ0v) is 7.47. The SMILES string of the molecule is Nc1ccn2nc(Cl)c(Cl)c2c1. The molecule has 62 valence electrons. The highest BCUT2D eigenvalue weighted by Gasteiger charge is 2.07. The Bertz CT molecular complexity index is 435. The average Bonchev–Trinajstić information content (AvgIpc) is 2.31. The lowest BCUT2D eigenvalue weighted by Gasteiger charge is -1.93. The van der Waals surface area contributed by atoms with Crippen molar-refractivity contribution in [3.63, 3.8) is 0 Å². The molecule has 0 bridgehead atoms. The first-order valence-corrected chi connectivity index (χ1v) is 4.03. The highest BCUT2D eigenvalue weighted by atomic mass is 35.5. The molecule has 2 N–H and O–H groups in total. The monoisotopic (exact) mass is 201 g/mol. The molecule has 0 radical (unpaired) electrons. The predicted molar refractivity (Wildman–Crippen MR) is 49.6 cm³/mol. The van der Waals surface area contributed by atoms with Crippen LogP contribution < -0.4 is 5.73 Å². The Labute approximate surface area is 78.7 Å². The van der Waals surface area contributed by atoms with Crippen molar-refractivity contribution in [2.45, 2.75) is 0 Å². The van der Waals surface area contributed by atoms with Gasteiger partial charge in [0.1, 0.15) is 5.02 Å². The van der Waals surface area contributed by atoms with E-state index in [2.05, 4.69) is 5.10 Å². The van der Waals surface area contributed by atoms with Crippen molar-refractivity contribution in [2.75, 3.05) is 5.73 Å². The topological polar surface area (TPSA) is 43.3 Å². The second-order valence-corrected chi connectivity index (χ2v) is 3.13. The minimum Gasteiger partial charge on any atom is -0.399 e. The van der Waals surface area contributed by atoms with Crippen molar-refractivity contribution >= 4 is 34.4 Å². The number of fused-ring (bicyclic) bond motifs is 1. The van der Waals surface area contributed by atoms with Crippen molar-refractivity contribution < 1.29 is 0 Å². The van der Waals surface area contributed by atoms with Crippen molar-refractivity contribution in [2.24, 2.45) is 0 Å². The second-order valence-electron chi connectivity index (χ2n) is 2.39. The number of pyridine rings is 1. The maximum Gasteiger partial charge on any atom is 0.170 e. The van der Waals surface area contributed by atoms with Crippen LogP contribution in [0.5, 0.6) is 0 Å². The molecule has 0 saturated heterocycles. The van der Waals surface area contributed by atoms with Gasteiger partial charge in [-0.15, -0.1) is 0 Å². The molecule has 0 aliphatic heterocycles. The first kappa shape index (κ1) is 7.71. The summed E-state index contributed by atoms with van der Waals surface area (Å²) in [5.41, 5.74) is 6.92. The molecule has 0 aliphatic carbocycles. The lowest BCUT2D eigenvalue weighted by Crippen LogP contribution is -1.89. The Morgan fingerprint density at radius 1 is 1.42 bits per heavy atom. The molecule has 0 aromatic carbocycles. The van der Waals surface area contributed by atoms with Gasteiger partial charge in [0.25, 0.3) is 0 Å². The van der Waals surface area contributed by atoms with Gasteiger partial charge in [-0.3, -0.25) is 0 Å². The summed E-state index contributed by atoms with van der Waals surface area (Å²) in [6, 6.07) is 3.45. The van der Waals surface area contributed by atoms with Gasteiger partial charge < -0.3 is 5.73 Å². The summed E-state index contributed by atoms with van der Waals surface area (Å²) in [6.07, 6.45) is 1.71. The van der Waals surface area contributed by atoms with Crippen LogP contribution in [-0.4, -0.2) is 9.61 Å². The molecule has 12 heavy (non-hydrogen) atoms. The van der Waals surface area contributed by atoms with Gasteiger partial charge in [0.15, 0.2) is 5.15 Å². The quantitative estimate of drug-likeness (QED) is 0.711. The Morgan fingerprint density at radius 2 is 2.17 bits per heavy atom. The number of aromatic nitrogens is 2. The number of anilines is 1. The van der Waals surface area contributed by atoms with Gasteiger partial charge in [-0.2, -0.15) is 5.10 Å². The molecule has 0 saturated carbocycles. The van der Waals surface area contributed by atoms with Crippen LogP contribution in [0.3, 0.4) is 0 Å². The van der Waals surface area contributed by atoms with Gasteiger partial charge in [-0.05, 0) is 12.1 Å². The van der Waals surface area contributed by atoms with E-state index in [1.165, 1.54) is 0 Å². The standard InChI is InChI=1S/C7H5Cl2N3/c8-6-5-3-4(10)1-2-12(5)11-7(6)9/h1-3H,10H2. The van der Waals surface area contributed by atoms with Crippen molar-refractivity contribution in [3.05, 3.63) is 28.5 Å². The third-order valence-electron chi connectivity index (χ3n) is 1.56. The minimum absolute atomic E-state index is 0.294. The Balaban J connectivity index is 2.88. The van der Waals surface area contributed by atoms with E-state index in [4.69, 9.17) is 28.9 Å². The molecule has 2 rings (SSSR count). The highest BCUT2D eigenvalue weighted by Crippen LogP contribution is 2.26. The number of nitrogen functional groups attached to an aromatic ring is 1. The summed E-state index contributed by atoms with van der Waals surface area (Å²) in [5.74, 6) is 0. The predicted octanol–water partition coefficient (Wildman–Crippen LogP) is 2.22. The van der Waals surface area contributed by atoms with Crippen molar-refractivity contribution in [1.29, 1.82) is 0 Å². The third kappa shape index (κ3) is 1.02. The summed E-state index contributed by atoms with van der Waals surface area (Å²) < 4.78 is 1.58. The molecule has 2 aromatic rings. The van der Waals surface area contributed by atoms with Crippen LogP contribution >= 0.6 is 23.2 Å². The molecule has 0 unspecified atom stereocenters. The van der Waals surface area contributed by atoms with E-state index in [9.17, 15) is 0 Å². The molecular weight excluding hydrogens is 197 g/mol. The summed E-state index contributed by atoms with van der Waals surface area (Å²) in [5, 5.41) is 4.68. The van der Waals surface area contributed by atoms with Crippen molar-refractivity contribution in [1.82, 2.24) is 9.61 Å². The molecule has 2 aromatic heterocycles. The lowest BCUT2D eigenvalue weighted by molar-refractivity contribution is 0.962. The Morgan fingerprint density at radius 3 is 2.92 bits per heavy atom. The highest BCUT2D eigenvalue weighted by molar-refractivity contribution is 6.43. The fourth-order valence-electron chi connectivity index (χ4n) is 1.00. The number of nitrogens with two attached hydrogens (primary N) is 1. The van der Waals surface area contributed by atoms with Crippen molar-refractivity contribution in [3.8, 4) is 0 Å². The largest absolute Gasteiger partial charge is 0.399 e. The number of halogens is 2. The number of hydrogen-bond donors (Lipinski definition) is 1. The maximum absolute atomic E-state index is 5.84. The lowest BCUT2D eigenvalue weighted by atomic mass is 10.3. The fourth-order valence-corrected chi connectivity index (χ4v) is 1.36. The smallest absolute Gasteiger partial charge is 0.170 e. The molecule has 0 spiro atoms. The number of rotatable bonds is 0. The molecule has 5 heteroatoms. The van der Waals surface area contributed by atoms with Crippen LogP contribution in [0.25, 0.3) is 5.52 Å². The van der Waals surface area contributed by atoms with Gasteiger partial charge >= 0.3 is 0 Å². The zero-order valence-electron chi connectivity index (χ0n) is 5.96. The maximum atomic E-state index is 5.84. The van der Waals surface area contributed by atoms with Gasteiger partial charge in [-0.1, -0.05) is 23.2 Å². The zero-order chi connectivity index (χ0) is 8.72. The van der Waals surface area contributed by atoms with Gasteiger partial charge in [0.2, 0.25) is 0 Å². The summed E-state index contributed by atoms with van der Waals surface area (Å²) in [6.45, 7) is 0. The van der Waals surface area contributed by atoms with Gasteiger partial charge in [0, 0.05) is 11.9 Å². The summed E-state index contributed by atoms with van der Waals surface area (Å²) in [7, 11) is 0. The molecule has 0 fully saturated rings. The van der Waals surface area contributed by atoms with Gasteiger partial charge in [-0.25, -0.2) is 4.52 Å². The molecule has 0 amide bonds. The molecule has 3 nitrogen and oxygen atoms in total.